The first-order valence-electron chi connectivity index (χ1n) is 11.6. The van der Waals surface area contributed by atoms with E-state index in [0.717, 1.165) is 16.7 Å². The molecule has 1 unspecified atom stereocenters. The average molecular weight is 539 g/mol. The van der Waals surface area contributed by atoms with Gasteiger partial charge in [-0.3, -0.25) is 9.78 Å². The molecule has 0 saturated heterocycles. The number of nitrogens with zero attached hydrogens (tertiary/aromatic N) is 3. The second kappa shape index (κ2) is 11.6. The van der Waals surface area contributed by atoms with Gasteiger partial charge in [0.2, 0.25) is 0 Å². The Balaban J connectivity index is 1.53. The minimum Gasteiger partial charge on any atom is -0.482 e. The fourth-order valence-electron chi connectivity index (χ4n) is 3.90. The molecule has 190 valence electrons. The van der Waals surface area contributed by atoms with Gasteiger partial charge in [-0.2, -0.15) is 0 Å². The number of hydrogen-bond acceptors (Lipinski definition) is 5. The van der Waals surface area contributed by atoms with Crippen molar-refractivity contribution >= 4 is 34.9 Å². The molecule has 0 spiro atoms. The summed E-state index contributed by atoms with van der Waals surface area (Å²) in [5, 5.41) is 0.180. The molecule has 1 atom stereocenters. The van der Waals surface area contributed by atoms with E-state index in [0.29, 0.717) is 30.0 Å². The second-order valence-corrected chi connectivity index (χ2v) is 9.16. The van der Waals surface area contributed by atoms with Crippen LogP contribution >= 0.6 is 23.2 Å². The summed E-state index contributed by atoms with van der Waals surface area (Å²) in [6, 6.07) is 15.4. The first-order valence-corrected chi connectivity index (χ1v) is 12.4. The summed E-state index contributed by atoms with van der Waals surface area (Å²) >= 11 is 12.4. The van der Waals surface area contributed by atoms with Crippen molar-refractivity contribution < 1.29 is 13.9 Å². The number of amides is 1. The molecule has 0 fully saturated rings. The molecule has 2 heterocycles. The maximum atomic E-state index is 14.0. The zero-order valence-electron chi connectivity index (χ0n) is 20.3. The Bertz CT molecular complexity index is 1400. The molecule has 1 amide bonds. The van der Waals surface area contributed by atoms with Gasteiger partial charge in [0.15, 0.2) is 11.6 Å². The highest BCUT2D eigenvalue weighted by Crippen LogP contribution is 2.37. The number of benzene rings is 2. The van der Waals surface area contributed by atoms with E-state index in [2.05, 4.69) is 9.97 Å². The van der Waals surface area contributed by atoms with Gasteiger partial charge in [-0.05, 0) is 67.4 Å². The van der Waals surface area contributed by atoms with Crippen molar-refractivity contribution in [2.75, 3.05) is 12.3 Å². The Morgan fingerprint density at radius 3 is 2.46 bits per heavy atom. The van der Waals surface area contributed by atoms with Crippen molar-refractivity contribution in [3.8, 4) is 16.9 Å². The van der Waals surface area contributed by atoms with Crippen molar-refractivity contribution in [2.24, 2.45) is 0 Å². The third-order valence-electron chi connectivity index (χ3n) is 5.93. The molecule has 4 aromatic rings. The van der Waals surface area contributed by atoms with Crippen LogP contribution in [0.1, 0.15) is 41.4 Å². The molecular formula is C28H25Cl2FN4O2. The maximum absolute atomic E-state index is 14.0. The van der Waals surface area contributed by atoms with Crippen molar-refractivity contribution in [1.82, 2.24) is 14.9 Å². The highest BCUT2D eigenvalue weighted by molar-refractivity contribution is 6.36. The molecule has 37 heavy (non-hydrogen) atoms. The minimum absolute atomic E-state index is 0.0667. The lowest BCUT2D eigenvalue weighted by atomic mass is 10.0. The molecule has 2 aromatic heterocycles. The van der Waals surface area contributed by atoms with E-state index in [1.54, 1.807) is 48.6 Å². The molecule has 9 heteroatoms. The number of pyridine rings is 2. The summed E-state index contributed by atoms with van der Waals surface area (Å²) in [4.78, 5) is 23.1. The molecule has 4 rings (SSSR count). The molecular weight excluding hydrogens is 514 g/mol. The van der Waals surface area contributed by atoms with Crippen LogP contribution in [0.2, 0.25) is 10.0 Å². The van der Waals surface area contributed by atoms with E-state index in [4.69, 9.17) is 33.7 Å². The quantitative estimate of drug-likeness (QED) is 0.245. The highest BCUT2D eigenvalue weighted by atomic mass is 35.5. The van der Waals surface area contributed by atoms with Gasteiger partial charge in [-0.15, -0.1) is 0 Å². The Labute approximate surface area is 224 Å². The van der Waals surface area contributed by atoms with Crippen molar-refractivity contribution in [3.63, 3.8) is 0 Å². The molecule has 0 radical (unpaired) electrons. The minimum atomic E-state index is -0.685. The lowest BCUT2D eigenvalue weighted by molar-refractivity contribution is 0.0752. The normalized spacial score (nSPS) is 11.7. The molecule has 6 nitrogen and oxygen atoms in total. The fourth-order valence-corrected chi connectivity index (χ4v) is 4.57. The monoisotopic (exact) mass is 538 g/mol. The number of aromatic nitrogens is 2. The highest BCUT2D eigenvalue weighted by Gasteiger charge is 2.20. The Kier molecular flexibility index (Phi) is 8.26. The van der Waals surface area contributed by atoms with Crippen LogP contribution in [0.3, 0.4) is 0 Å². The Morgan fingerprint density at radius 1 is 1.08 bits per heavy atom. The largest absolute Gasteiger partial charge is 0.482 e. The summed E-state index contributed by atoms with van der Waals surface area (Å²) in [5.41, 5.74) is 9.50. The van der Waals surface area contributed by atoms with Crippen LogP contribution in [0.5, 0.6) is 5.75 Å². The number of anilines is 1. The number of nitrogen functional groups attached to an aromatic ring is 1. The van der Waals surface area contributed by atoms with Crippen LogP contribution in [0.15, 0.2) is 73.2 Å². The second-order valence-electron chi connectivity index (χ2n) is 8.38. The predicted molar refractivity (Wildman–Crippen MR) is 144 cm³/mol. The van der Waals surface area contributed by atoms with E-state index in [1.807, 2.05) is 31.2 Å². The first-order chi connectivity index (χ1) is 17.8. The summed E-state index contributed by atoms with van der Waals surface area (Å²) in [6.07, 6.45) is 4.36. The molecule has 0 aliphatic rings. The number of carbonyl (C=O) groups is 1. The molecule has 2 N–H and O–H groups in total. The number of ether oxygens (including phenoxy) is 1. The molecule has 0 aliphatic carbocycles. The lowest BCUT2D eigenvalue weighted by Gasteiger charge is -2.21. The predicted octanol–water partition coefficient (Wildman–Crippen LogP) is 6.97. The Morgan fingerprint density at radius 2 is 1.78 bits per heavy atom. The van der Waals surface area contributed by atoms with E-state index in [-0.39, 0.29) is 21.8 Å². The van der Waals surface area contributed by atoms with Gasteiger partial charge in [-0.25, -0.2) is 9.37 Å². The van der Waals surface area contributed by atoms with Gasteiger partial charge in [0, 0.05) is 53.4 Å². The number of halogens is 3. The fraction of sp³-hybridized carbons (Fsp3) is 0.179. The zero-order valence-corrected chi connectivity index (χ0v) is 21.8. The average Bonchev–Trinajstić information content (AvgIpc) is 2.91. The van der Waals surface area contributed by atoms with E-state index >= 15 is 0 Å². The third kappa shape index (κ3) is 6.01. The SMILES string of the molecule is CCN(Cc1ccncc1)C(=O)c1ccc(-c2cnc(N)c(OC(C)c3c(Cl)ccc(F)c3Cl)c2)cc1. The van der Waals surface area contributed by atoms with Gasteiger partial charge in [0.1, 0.15) is 11.9 Å². The summed E-state index contributed by atoms with van der Waals surface area (Å²) in [6.45, 7) is 4.72. The van der Waals surface area contributed by atoms with Gasteiger partial charge < -0.3 is 15.4 Å². The van der Waals surface area contributed by atoms with Gasteiger partial charge in [0.25, 0.3) is 5.91 Å². The molecule has 2 aromatic carbocycles. The summed E-state index contributed by atoms with van der Waals surface area (Å²) in [7, 11) is 0. The van der Waals surface area contributed by atoms with Crippen molar-refractivity contribution in [1.29, 1.82) is 0 Å². The standard InChI is InChI=1S/C28H25Cl2FN4O2/c1-3-35(16-18-10-12-33-13-11-18)28(36)20-6-4-19(5-7-20)21-14-24(27(32)34-15-21)37-17(2)25-22(29)8-9-23(31)26(25)30/h4-15,17H,3,16H2,1-2H3,(H2,32,34). The number of nitrogens with two attached hydrogens (primary N) is 1. The lowest BCUT2D eigenvalue weighted by Crippen LogP contribution is -2.30. The van der Waals surface area contributed by atoms with Crippen LogP contribution in [-0.2, 0) is 6.54 Å². The van der Waals surface area contributed by atoms with Crippen LogP contribution in [0.4, 0.5) is 10.2 Å². The van der Waals surface area contributed by atoms with Crippen molar-refractivity contribution in [3.05, 3.63) is 106 Å². The van der Waals surface area contributed by atoms with Gasteiger partial charge in [0.05, 0.1) is 5.02 Å². The van der Waals surface area contributed by atoms with E-state index < -0.39 is 11.9 Å². The molecule has 0 aliphatic heterocycles. The first kappa shape index (κ1) is 26.4. The molecule has 0 bridgehead atoms. The number of hydrogen-bond donors (Lipinski definition) is 1. The number of rotatable bonds is 8. The number of carbonyl (C=O) groups excluding carboxylic acids is 1. The van der Waals surface area contributed by atoms with Crippen LogP contribution in [0.25, 0.3) is 11.1 Å². The van der Waals surface area contributed by atoms with E-state index in [1.165, 1.54) is 12.1 Å². The van der Waals surface area contributed by atoms with Crippen LogP contribution in [-0.4, -0.2) is 27.3 Å². The zero-order chi connectivity index (χ0) is 26.5. The maximum Gasteiger partial charge on any atom is 0.254 e. The Hall–Kier alpha value is -3.68. The van der Waals surface area contributed by atoms with Crippen LogP contribution < -0.4 is 10.5 Å². The van der Waals surface area contributed by atoms with E-state index in [9.17, 15) is 9.18 Å². The topological polar surface area (TPSA) is 81.3 Å². The summed E-state index contributed by atoms with van der Waals surface area (Å²) in [5.74, 6) is -0.187. The van der Waals surface area contributed by atoms with Crippen molar-refractivity contribution in [2.45, 2.75) is 26.5 Å². The third-order valence-corrected chi connectivity index (χ3v) is 6.64. The molecule has 0 saturated carbocycles. The van der Waals surface area contributed by atoms with Gasteiger partial charge >= 0.3 is 0 Å². The van der Waals surface area contributed by atoms with Crippen LogP contribution in [0, 0.1) is 5.82 Å². The summed E-state index contributed by atoms with van der Waals surface area (Å²) < 4.78 is 20.0. The van der Waals surface area contributed by atoms with Gasteiger partial charge in [-0.1, -0.05) is 35.3 Å². The smallest absolute Gasteiger partial charge is 0.254 e.